The van der Waals surface area contributed by atoms with E-state index >= 15 is 0 Å². The third-order valence-electron chi connectivity index (χ3n) is 1.79. The second-order valence-electron chi connectivity index (χ2n) is 2.99. The Bertz CT molecular complexity index is 294. The molecule has 0 aliphatic heterocycles. The van der Waals surface area contributed by atoms with E-state index in [2.05, 4.69) is 11.9 Å². The predicted molar refractivity (Wildman–Crippen MR) is 54.4 cm³/mol. The molecule has 0 bridgehead atoms. The Hall–Kier alpha value is -1.31. The summed E-state index contributed by atoms with van der Waals surface area (Å²) in [5.41, 5.74) is 1.50. The Morgan fingerprint density at radius 3 is 2.92 bits per heavy atom. The van der Waals surface area contributed by atoms with E-state index in [1.807, 2.05) is 13.0 Å². The lowest BCUT2D eigenvalue weighted by Crippen LogP contribution is -2.02. The molecule has 1 rings (SSSR count). The van der Waals surface area contributed by atoms with Crippen molar-refractivity contribution < 1.29 is 4.39 Å². The summed E-state index contributed by atoms with van der Waals surface area (Å²) in [7, 11) is 0. The lowest BCUT2D eigenvalue weighted by Gasteiger charge is -2.06. The van der Waals surface area contributed by atoms with Crippen LogP contribution >= 0.6 is 0 Å². The minimum Gasteiger partial charge on any atom is -0.382 e. The van der Waals surface area contributed by atoms with Gasteiger partial charge in [0.2, 0.25) is 0 Å². The smallest absolute Gasteiger partial charge is 0.146 e. The van der Waals surface area contributed by atoms with Gasteiger partial charge in [-0.05, 0) is 31.0 Å². The van der Waals surface area contributed by atoms with Crippen molar-refractivity contribution in [1.82, 2.24) is 0 Å². The van der Waals surface area contributed by atoms with E-state index in [-0.39, 0.29) is 5.82 Å². The molecule has 0 saturated heterocycles. The average Bonchev–Trinajstić information content (AvgIpc) is 2.09. The number of halogens is 1. The molecule has 0 fully saturated rings. The topological polar surface area (TPSA) is 12.0 Å². The number of hydrogen-bond acceptors (Lipinski definition) is 1. The van der Waals surface area contributed by atoms with E-state index < -0.39 is 0 Å². The van der Waals surface area contributed by atoms with Gasteiger partial charge in [0.25, 0.3) is 0 Å². The summed E-state index contributed by atoms with van der Waals surface area (Å²) in [5, 5.41) is 2.99. The van der Waals surface area contributed by atoms with Crippen molar-refractivity contribution in [3.8, 4) is 0 Å². The minimum absolute atomic E-state index is 0.191. The fourth-order valence-electron chi connectivity index (χ4n) is 1.07. The van der Waals surface area contributed by atoms with Gasteiger partial charge in [0, 0.05) is 6.54 Å². The Kier molecular flexibility index (Phi) is 3.50. The van der Waals surface area contributed by atoms with Crippen LogP contribution in [-0.2, 0) is 0 Å². The largest absolute Gasteiger partial charge is 0.382 e. The fraction of sp³-hybridized carbons (Fsp3) is 0.273. The van der Waals surface area contributed by atoms with Gasteiger partial charge in [-0.15, -0.1) is 6.58 Å². The molecule has 2 heteroatoms. The molecule has 1 N–H and O–H groups in total. The van der Waals surface area contributed by atoms with Crippen LogP contribution in [0.3, 0.4) is 0 Å². The van der Waals surface area contributed by atoms with Crippen molar-refractivity contribution in [3.05, 3.63) is 42.2 Å². The van der Waals surface area contributed by atoms with Crippen LogP contribution in [0.15, 0.2) is 30.9 Å². The first-order chi connectivity index (χ1) is 6.24. The Labute approximate surface area is 78.3 Å². The number of benzene rings is 1. The average molecular weight is 179 g/mol. The van der Waals surface area contributed by atoms with E-state index in [1.165, 1.54) is 6.07 Å². The van der Waals surface area contributed by atoms with E-state index in [0.717, 1.165) is 18.5 Å². The molecule has 0 unspecified atom stereocenters. The van der Waals surface area contributed by atoms with E-state index in [4.69, 9.17) is 0 Å². The zero-order valence-corrected chi connectivity index (χ0v) is 7.81. The third kappa shape index (κ3) is 2.90. The molecule has 0 radical (unpaired) electrons. The Morgan fingerprint density at radius 2 is 2.31 bits per heavy atom. The Morgan fingerprint density at radius 1 is 1.54 bits per heavy atom. The van der Waals surface area contributed by atoms with Gasteiger partial charge in [-0.3, -0.25) is 0 Å². The fourth-order valence-corrected chi connectivity index (χ4v) is 1.07. The molecule has 0 aliphatic carbocycles. The molecule has 0 aliphatic rings. The molecule has 0 saturated carbocycles. The maximum Gasteiger partial charge on any atom is 0.146 e. The molecule has 1 nitrogen and oxygen atoms in total. The summed E-state index contributed by atoms with van der Waals surface area (Å²) < 4.78 is 13.2. The lowest BCUT2D eigenvalue weighted by atomic mass is 10.2. The van der Waals surface area contributed by atoms with Gasteiger partial charge in [-0.1, -0.05) is 12.1 Å². The quantitative estimate of drug-likeness (QED) is 0.553. The molecule has 1 aromatic carbocycles. The van der Waals surface area contributed by atoms with Gasteiger partial charge in [-0.2, -0.15) is 0 Å². The van der Waals surface area contributed by atoms with Crippen LogP contribution in [0.1, 0.15) is 12.0 Å². The highest BCUT2D eigenvalue weighted by Gasteiger charge is 1.99. The summed E-state index contributed by atoms with van der Waals surface area (Å²) >= 11 is 0. The zero-order valence-electron chi connectivity index (χ0n) is 7.81. The van der Waals surface area contributed by atoms with Crippen LogP contribution in [0.5, 0.6) is 0 Å². The van der Waals surface area contributed by atoms with Crippen LogP contribution in [0.4, 0.5) is 10.1 Å². The van der Waals surface area contributed by atoms with Crippen LogP contribution in [0.2, 0.25) is 0 Å². The van der Waals surface area contributed by atoms with E-state index in [1.54, 1.807) is 12.1 Å². The predicted octanol–water partition coefficient (Wildman–Crippen LogP) is 3.12. The van der Waals surface area contributed by atoms with Crippen LogP contribution in [0.25, 0.3) is 0 Å². The normalized spacial score (nSPS) is 9.69. The maximum atomic E-state index is 13.2. The van der Waals surface area contributed by atoms with Crippen LogP contribution in [0, 0.1) is 12.7 Å². The van der Waals surface area contributed by atoms with Crippen molar-refractivity contribution in [1.29, 1.82) is 0 Å². The van der Waals surface area contributed by atoms with Crippen LogP contribution in [-0.4, -0.2) is 6.54 Å². The van der Waals surface area contributed by atoms with Gasteiger partial charge in [0.05, 0.1) is 5.69 Å². The van der Waals surface area contributed by atoms with Crippen molar-refractivity contribution in [2.24, 2.45) is 0 Å². The zero-order chi connectivity index (χ0) is 9.68. The van der Waals surface area contributed by atoms with Gasteiger partial charge >= 0.3 is 0 Å². The number of aryl methyl sites for hydroxylation is 1. The molecule has 70 valence electrons. The molecule has 0 spiro atoms. The number of rotatable bonds is 4. The molecule has 0 amide bonds. The lowest BCUT2D eigenvalue weighted by molar-refractivity contribution is 0.629. The second-order valence-corrected chi connectivity index (χ2v) is 2.99. The summed E-state index contributed by atoms with van der Waals surface area (Å²) in [6.45, 7) is 6.19. The highest BCUT2D eigenvalue weighted by Crippen LogP contribution is 2.14. The standard InChI is InChI=1S/C11H14FN/c1-3-4-7-13-11-6-5-9(2)8-10(11)12/h3,5-6,8,13H,1,4,7H2,2H3. The third-order valence-corrected chi connectivity index (χ3v) is 1.79. The van der Waals surface area contributed by atoms with Crippen molar-refractivity contribution >= 4 is 5.69 Å². The SMILES string of the molecule is C=CCCNc1ccc(C)cc1F. The summed E-state index contributed by atoms with van der Waals surface area (Å²) in [5.74, 6) is -0.191. The molecule has 0 atom stereocenters. The van der Waals surface area contributed by atoms with Gasteiger partial charge < -0.3 is 5.32 Å². The van der Waals surface area contributed by atoms with E-state index in [0.29, 0.717) is 5.69 Å². The summed E-state index contributed by atoms with van der Waals surface area (Å²) in [6, 6.07) is 5.17. The highest BCUT2D eigenvalue weighted by atomic mass is 19.1. The first-order valence-electron chi connectivity index (χ1n) is 4.35. The molecule has 13 heavy (non-hydrogen) atoms. The van der Waals surface area contributed by atoms with Gasteiger partial charge in [0.15, 0.2) is 0 Å². The molecule has 0 heterocycles. The monoisotopic (exact) mass is 179 g/mol. The van der Waals surface area contributed by atoms with Gasteiger partial charge in [0.1, 0.15) is 5.82 Å². The van der Waals surface area contributed by atoms with Crippen molar-refractivity contribution in [3.63, 3.8) is 0 Å². The Balaban J connectivity index is 2.61. The number of hydrogen-bond donors (Lipinski definition) is 1. The van der Waals surface area contributed by atoms with Crippen molar-refractivity contribution in [2.75, 3.05) is 11.9 Å². The number of anilines is 1. The first-order valence-corrected chi connectivity index (χ1v) is 4.35. The summed E-state index contributed by atoms with van der Waals surface area (Å²) in [4.78, 5) is 0. The molecular weight excluding hydrogens is 165 g/mol. The van der Waals surface area contributed by atoms with E-state index in [9.17, 15) is 4.39 Å². The first kappa shape index (κ1) is 9.78. The maximum absolute atomic E-state index is 13.2. The number of nitrogens with one attached hydrogen (secondary N) is 1. The van der Waals surface area contributed by atoms with Crippen LogP contribution < -0.4 is 5.32 Å². The molecule has 1 aromatic rings. The second kappa shape index (κ2) is 4.65. The molecule has 0 aromatic heterocycles. The molecular formula is C11H14FN. The van der Waals surface area contributed by atoms with Gasteiger partial charge in [-0.25, -0.2) is 4.39 Å². The highest BCUT2D eigenvalue weighted by molar-refractivity contribution is 5.46. The summed E-state index contributed by atoms with van der Waals surface area (Å²) in [6.07, 6.45) is 2.65. The minimum atomic E-state index is -0.191. The van der Waals surface area contributed by atoms with Crippen molar-refractivity contribution in [2.45, 2.75) is 13.3 Å².